The zero-order valence-corrected chi connectivity index (χ0v) is 11.9. The summed E-state index contributed by atoms with van der Waals surface area (Å²) in [6.45, 7) is 0. The Morgan fingerprint density at radius 3 is 2.50 bits per heavy atom. The fraction of sp³-hybridized carbons (Fsp3) is 0.400. The highest BCUT2D eigenvalue weighted by atomic mass is 35.5. The molecule has 0 atom stereocenters. The second-order valence-corrected chi connectivity index (χ2v) is 5.64. The smallest absolute Gasteiger partial charge is 0.172 e. The SMILES string of the molecule is O=Cc1nnn(-c2ccc(Cl)cc2)c1C1CCCCC1. The number of hydrogen-bond acceptors (Lipinski definition) is 3. The summed E-state index contributed by atoms with van der Waals surface area (Å²) in [6, 6.07) is 7.45. The first kappa shape index (κ1) is 13.3. The van der Waals surface area contributed by atoms with Crippen LogP contribution >= 0.6 is 11.6 Å². The van der Waals surface area contributed by atoms with Crippen LogP contribution in [0.25, 0.3) is 5.69 Å². The number of aromatic nitrogens is 3. The molecule has 3 rings (SSSR count). The van der Waals surface area contributed by atoms with E-state index >= 15 is 0 Å². The minimum Gasteiger partial charge on any atom is -0.296 e. The normalized spacial score (nSPS) is 16.2. The molecule has 1 aliphatic carbocycles. The van der Waals surface area contributed by atoms with Gasteiger partial charge in [0.05, 0.1) is 11.4 Å². The topological polar surface area (TPSA) is 47.8 Å². The average molecular weight is 290 g/mol. The number of halogens is 1. The van der Waals surface area contributed by atoms with Gasteiger partial charge in [-0.3, -0.25) is 4.79 Å². The van der Waals surface area contributed by atoms with Gasteiger partial charge in [0.25, 0.3) is 0 Å². The van der Waals surface area contributed by atoms with E-state index in [0.29, 0.717) is 16.6 Å². The fourth-order valence-electron chi connectivity index (χ4n) is 2.92. The molecular formula is C15H16ClN3O. The van der Waals surface area contributed by atoms with Crippen LogP contribution in [0.2, 0.25) is 5.02 Å². The number of hydrogen-bond donors (Lipinski definition) is 0. The van der Waals surface area contributed by atoms with Crippen molar-refractivity contribution in [3.8, 4) is 5.69 Å². The summed E-state index contributed by atoms with van der Waals surface area (Å²) in [4.78, 5) is 11.2. The molecule has 1 aliphatic rings. The zero-order chi connectivity index (χ0) is 13.9. The van der Waals surface area contributed by atoms with E-state index in [1.807, 2.05) is 24.3 Å². The molecule has 1 aromatic heterocycles. The van der Waals surface area contributed by atoms with Crippen LogP contribution in [0.5, 0.6) is 0 Å². The second-order valence-electron chi connectivity index (χ2n) is 5.20. The highest BCUT2D eigenvalue weighted by Gasteiger charge is 2.24. The largest absolute Gasteiger partial charge is 0.296 e. The number of aldehydes is 1. The summed E-state index contributed by atoms with van der Waals surface area (Å²) in [5.74, 6) is 0.370. The summed E-state index contributed by atoms with van der Waals surface area (Å²) in [6.07, 6.45) is 6.69. The highest BCUT2D eigenvalue weighted by Crippen LogP contribution is 2.34. The van der Waals surface area contributed by atoms with Crippen LogP contribution in [0.1, 0.15) is 54.2 Å². The van der Waals surface area contributed by atoms with Crippen molar-refractivity contribution in [2.75, 3.05) is 0 Å². The van der Waals surface area contributed by atoms with E-state index in [2.05, 4.69) is 10.3 Å². The van der Waals surface area contributed by atoms with Crippen LogP contribution in [0.4, 0.5) is 0 Å². The molecular weight excluding hydrogens is 274 g/mol. The number of nitrogens with zero attached hydrogens (tertiary/aromatic N) is 3. The Balaban J connectivity index is 2.04. The Bertz CT molecular complexity index is 600. The van der Waals surface area contributed by atoms with Gasteiger partial charge < -0.3 is 0 Å². The van der Waals surface area contributed by atoms with Crippen LogP contribution in [0, 0.1) is 0 Å². The predicted octanol–water partition coefficient (Wildman–Crippen LogP) is 3.78. The number of carbonyl (C=O) groups excluding carboxylic acids is 1. The molecule has 0 amide bonds. The first-order chi connectivity index (χ1) is 9.79. The van der Waals surface area contributed by atoms with Crippen molar-refractivity contribution in [2.24, 2.45) is 0 Å². The third-order valence-electron chi connectivity index (χ3n) is 3.91. The van der Waals surface area contributed by atoms with Crippen LogP contribution < -0.4 is 0 Å². The van der Waals surface area contributed by atoms with Gasteiger partial charge in [-0.2, -0.15) is 0 Å². The van der Waals surface area contributed by atoms with E-state index in [9.17, 15) is 4.79 Å². The van der Waals surface area contributed by atoms with Crippen LogP contribution in [0.15, 0.2) is 24.3 Å². The van der Waals surface area contributed by atoms with Crippen LogP contribution in [-0.2, 0) is 0 Å². The van der Waals surface area contributed by atoms with Crippen LogP contribution in [0.3, 0.4) is 0 Å². The van der Waals surface area contributed by atoms with Crippen molar-refractivity contribution in [1.82, 2.24) is 15.0 Å². The molecule has 0 bridgehead atoms. The Morgan fingerprint density at radius 1 is 1.15 bits per heavy atom. The molecule has 1 fully saturated rings. The molecule has 2 aromatic rings. The summed E-state index contributed by atoms with van der Waals surface area (Å²) in [7, 11) is 0. The summed E-state index contributed by atoms with van der Waals surface area (Å²) in [5.41, 5.74) is 2.31. The Hall–Kier alpha value is -1.68. The first-order valence-corrected chi connectivity index (χ1v) is 7.34. The van der Waals surface area contributed by atoms with Crippen molar-refractivity contribution < 1.29 is 4.79 Å². The Kier molecular flexibility index (Phi) is 3.83. The summed E-state index contributed by atoms with van der Waals surface area (Å²) in [5, 5.41) is 8.86. The van der Waals surface area contributed by atoms with Gasteiger partial charge in [0.1, 0.15) is 5.69 Å². The van der Waals surface area contributed by atoms with Gasteiger partial charge in [-0.1, -0.05) is 36.1 Å². The summed E-state index contributed by atoms with van der Waals surface area (Å²) < 4.78 is 1.79. The van der Waals surface area contributed by atoms with Gasteiger partial charge in [0, 0.05) is 10.9 Å². The maximum Gasteiger partial charge on any atom is 0.172 e. The average Bonchev–Trinajstić information content (AvgIpc) is 2.93. The molecule has 0 spiro atoms. The monoisotopic (exact) mass is 289 g/mol. The maximum atomic E-state index is 11.2. The number of benzene rings is 1. The van der Waals surface area contributed by atoms with Crippen molar-refractivity contribution in [1.29, 1.82) is 0 Å². The quantitative estimate of drug-likeness (QED) is 0.808. The second kappa shape index (κ2) is 5.75. The first-order valence-electron chi connectivity index (χ1n) is 6.96. The van der Waals surface area contributed by atoms with E-state index in [4.69, 9.17) is 11.6 Å². The van der Waals surface area contributed by atoms with Crippen molar-refractivity contribution in [3.05, 3.63) is 40.7 Å². The van der Waals surface area contributed by atoms with E-state index < -0.39 is 0 Å². The molecule has 5 heteroatoms. The van der Waals surface area contributed by atoms with E-state index in [1.54, 1.807) is 4.68 Å². The molecule has 1 aromatic carbocycles. The van der Waals surface area contributed by atoms with Crippen molar-refractivity contribution in [2.45, 2.75) is 38.0 Å². The molecule has 4 nitrogen and oxygen atoms in total. The van der Waals surface area contributed by atoms with Gasteiger partial charge >= 0.3 is 0 Å². The molecule has 0 N–H and O–H groups in total. The zero-order valence-electron chi connectivity index (χ0n) is 11.1. The fourth-order valence-corrected chi connectivity index (χ4v) is 3.04. The van der Waals surface area contributed by atoms with Crippen LogP contribution in [-0.4, -0.2) is 21.3 Å². The van der Waals surface area contributed by atoms with E-state index in [-0.39, 0.29) is 0 Å². The predicted molar refractivity (Wildman–Crippen MR) is 77.6 cm³/mol. The van der Waals surface area contributed by atoms with Gasteiger partial charge in [-0.15, -0.1) is 5.10 Å². The van der Waals surface area contributed by atoms with E-state index in [1.165, 1.54) is 19.3 Å². The Labute approximate surface area is 122 Å². The van der Waals surface area contributed by atoms with Gasteiger partial charge in [-0.05, 0) is 37.1 Å². The lowest BCUT2D eigenvalue weighted by molar-refractivity contribution is 0.111. The third-order valence-corrected chi connectivity index (χ3v) is 4.16. The number of carbonyl (C=O) groups is 1. The Morgan fingerprint density at radius 2 is 1.85 bits per heavy atom. The molecule has 0 aliphatic heterocycles. The molecule has 1 heterocycles. The standard InChI is InChI=1S/C15H16ClN3O/c16-12-6-8-13(9-7-12)19-15(14(10-20)17-18-19)11-4-2-1-3-5-11/h6-11H,1-5H2. The molecule has 0 radical (unpaired) electrons. The number of rotatable bonds is 3. The molecule has 104 valence electrons. The van der Waals surface area contributed by atoms with E-state index in [0.717, 1.165) is 30.5 Å². The van der Waals surface area contributed by atoms with Gasteiger partial charge in [-0.25, -0.2) is 4.68 Å². The lowest BCUT2D eigenvalue weighted by Gasteiger charge is -2.22. The van der Waals surface area contributed by atoms with Gasteiger partial charge in [0.15, 0.2) is 6.29 Å². The molecule has 0 saturated heterocycles. The third kappa shape index (κ3) is 2.48. The molecule has 1 saturated carbocycles. The lowest BCUT2D eigenvalue weighted by atomic mass is 9.86. The lowest BCUT2D eigenvalue weighted by Crippen LogP contribution is -2.12. The van der Waals surface area contributed by atoms with Crippen molar-refractivity contribution in [3.63, 3.8) is 0 Å². The molecule has 0 unspecified atom stereocenters. The minimum absolute atomic E-state index is 0.370. The van der Waals surface area contributed by atoms with Gasteiger partial charge in [0.2, 0.25) is 0 Å². The molecule has 20 heavy (non-hydrogen) atoms. The highest BCUT2D eigenvalue weighted by molar-refractivity contribution is 6.30. The van der Waals surface area contributed by atoms with Crippen molar-refractivity contribution >= 4 is 17.9 Å². The maximum absolute atomic E-state index is 11.2. The minimum atomic E-state index is 0.370. The summed E-state index contributed by atoms with van der Waals surface area (Å²) >= 11 is 5.92.